The molecule has 0 aliphatic rings. The SMILES string of the molecule is COC(=O)c1cc2cc(NC(=O)CN(CCc3ccccc3)S(C)(=O)=O)ccc2s1. The quantitative estimate of drug-likeness (QED) is 0.537. The first-order valence-corrected chi connectivity index (χ1v) is 11.8. The number of benzene rings is 2. The van der Waals surface area contributed by atoms with Crippen LogP contribution in [0.15, 0.2) is 54.6 Å². The molecule has 30 heavy (non-hydrogen) atoms. The van der Waals surface area contributed by atoms with Gasteiger partial charge in [0.25, 0.3) is 0 Å². The summed E-state index contributed by atoms with van der Waals surface area (Å²) in [5.74, 6) is -0.847. The number of ether oxygens (including phenoxy) is 1. The second kappa shape index (κ2) is 9.38. The van der Waals surface area contributed by atoms with E-state index in [0.717, 1.165) is 26.2 Å². The van der Waals surface area contributed by atoms with Crippen molar-refractivity contribution in [3.63, 3.8) is 0 Å². The highest BCUT2D eigenvalue weighted by molar-refractivity contribution is 7.88. The van der Waals surface area contributed by atoms with Crippen molar-refractivity contribution in [2.24, 2.45) is 0 Å². The Balaban J connectivity index is 1.67. The predicted molar refractivity (Wildman–Crippen MR) is 118 cm³/mol. The summed E-state index contributed by atoms with van der Waals surface area (Å²) in [5.41, 5.74) is 1.52. The molecule has 9 heteroatoms. The summed E-state index contributed by atoms with van der Waals surface area (Å²) in [5, 5.41) is 3.52. The van der Waals surface area contributed by atoms with Crippen LogP contribution in [0.2, 0.25) is 0 Å². The molecular formula is C21H22N2O5S2. The lowest BCUT2D eigenvalue weighted by Gasteiger charge is -2.19. The number of anilines is 1. The fraction of sp³-hybridized carbons (Fsp3) is 0.238. The standard InChI is InChI=1S/C21H22N2O5S2/c1-28-21(25)19-13-16-12-17(8-9-18(16)29-19)22-20(24)14-23(30(2,26)27)11-10-15-6-4-3-5-7-15/h3-9,12-13H,10-11,14H2,1-2H3,(H,22,24). The van der Waals surface area contributed by atoms with E-state index in [-0.39, 0.29) is 13.1 Å². The molecule has 3 aromatic rings. The Morgan fingerprint density at radius 3 is 2.50 bits per heavy atom. The van der Waals surface area contributed by atoms with E-state index >= 15 is 0 Å². The molecule has 1 heterocycles. The van der Waals surface area contributed by atoms with E-state index < -0.39 is 21.9 Å². The van der Waals surface area contributed by atoms with Crippen LogP contribution in [0.5, 0.6) is 0 Å². The third kappa shape index (κ3) is 5.65. The highest BCUT2D eigenvalue weighted by Crippen LogP contribution is 2.28. The molecule has 0 bridgehead atoms. The molecule has 1 aromatic heterocycles. The topological polar surface area (TPSA) is 92.8 Å². The second-order valence-electron chi connectivity index (χ2n) is 6.74. The van der Waals surface area contributed by atoms with Crippen molar-refractivity contribution < 1.29 is 22.7 Å². The zero-order valence-electron chi connectivity index (χ0n) is 16.6. The summed E-state index contributed by atoms with van der Waals surface area (Å²) in [6.45, 7) is -0.0664. The van der Waals surface area contributed by atoms with Crippen LogP contribution in [-0.4, -0.2) is 51.1 Å². The van der Waals surface area contributed by atoms with Crippen LogP contribution in [0.4, 0.5) is 5.69 Å². The number of fused-ring (bicyclic) bond motifs is 1. The number of esters is 1. The summed E-state index contributed by atoms with van der Waals surface area (Å²) in [6.07, 6.45) is 1.61. The zero-order valence-corrected chi connectivity index (χ0v) is 18.3. The maximum Gasteiger partial charge on any atom is 0.348 e. The average molecular weight is 447 g/mol. The van der Waals surface area contributed by atoms with Gasteiger partial charge in [-0.05, 0) is 41.6 Å². The predicted octanol–water partition coefficient (Wildman–Crippen LogP) is 3.13. The van der Waals surface area contributed by atoms with E-state index in [1.54, 1.807) is 24.3 Å². The van der Waals surface area contributed by atoms with Crippen molar-refractivity contribution in [1.82, 2.24) is 4.31 Å². The molecule has 1 N–H and O–H groups in total. The summed E-state index contributed by atoms with van der Waals surface area (Å²) < 4.78 is 31.0. The van der Waals surface area contributed by atoms with E-state index in [1.807, 2.05) is 30.3 Å². The maximum atomic E-state index is 12.5. The van der Waals surface area contributed by atoms with Crippen molar-refractivity contribution >= 4 is 49.0 Å². The molecule has 0 aliphatic heterocycles. The summed E-state index contributed by atoms with van der Waals surface area (Å²) in [4.78, 5) is 24.6. The Hall–Kier alpha value is -2.75. The van der Waals surface area contributed by atoms with Crippen molar-refractivity contribution in [3.05, 3.63) is 65.0 Å². The van der Waals surface area contributed by atoms with Gasteiger partial charge in [-0.2, -0.15) is 4.31 Å². The van der Waals surface area contributed by atoms with Crippen LogP contribution >= 0.6 is 11.3 Å². The molecule has 0 unspecified atom stereocenters. The second-order valence-corrected chi connectivity index (χ2v) is 9.80. The largest absolute Gasteiger partial charge is 0.465 e. The number of carbonyl (C=O) groups is 2. The Morgan fingerprint density at radius 1 is 1.10 bits per heavy atom. The molecule has 2 aromatic carbocycles. The fourth-order valence-corrected chi connectivity index (χ4v) is 4.68. The first-order chi connectivity index (χ1) is 14.3. The van der Waals surface area contributed by atoms with Gasteiger partial charge in [0.05, 0.1) is 19.9 Å². The molecular weight excluding hydrogens is 424 g/mol. The molecule has 0 spiro atoms. The van der Waals surface area contributed by atoms with Crippen LogP contribution in [0.3, 0.4) is 0 Å². The van der Waals surface area contributed by atoms with Crippen molar-refractivity contribution in [2.75, 3.05) is 31.8 Å². The number of methoxy groups -OCH3 is 1. The molecule has 0 fully saturated rings. The lowest BCUT2D eigenvalue weighted by Crippen LogP contribution is -2.38. The molecule has 0 radical (unpaired) electrons. The molecule has 0 saturated carbocycles. The van der Waals surface area contributed by atoms with Gasteiger partial charge in [-0.3, -0.25) is 4.79 Å². The Bertz CT molecular complexity index is 1160. The molecule has 7 nitrogen and oxygen atoms in total. The normalized spacial score (nSPS) is 11.6. The minimum atomic E-state index is -3.54. The van der Waals surface area contributed by atoms with Crippen molar-refractivity contribution in [2.45, 2.75) is 6.42 Å². The van der Waals surface area contributed by atoms with Crippen LogP contribution in [0.1, 0.15) is 15.2 Å². The Morgan fingerprint density at radius 2 is 1.83 bits per heavy atom. The Kier molecular flexibility index (Phi) is 6.86. The number of thiophene rings is 1. The molecule has 0 aliphatic carbocycles. The smallest absolute Gasteiger partial charge is 0.348 e. The zero-order chi connectivity index (χ0) is 21.7. The number of sulfonamides is 1. The van der Waals surface area contributed by atoms with Crippen molar-refractivity contribution in [1.29, 1.82) is 0 Å². The Labute approximate surface area is 179 Å². The number of rotatable bonds is 8. The first kappa shape index (κ1) is 21.9. The van der Waals surface area contributed by atoms with Gasteiger partial charge < -0.3 is 10.1 Å². The molecule has 3 rings (SSSR count). The summed E-state index contributed by atoms with van der Waals surface area (Å²) in [7, 11) is -2.22. The maximum absolute atomic E-state index is 12.5. The number of nitrogens with one attached hydrogen (secondary N) is 1. The minimum Gasteiger partial charge on any atom is -0.465 e. The number of amides is 1. The van der Waals surface area contributed by atoms with Gasteiger partial charge in [-0.25, -0.2) is 13.2 Å². The third-order valence-corrected chi connectivity index (χ3v) is 6.81. The van der Waals surface area contributed by atoms with E-state index in [0.29, 0.717) is 17.0 Å². The van der Waals surface area contributed by atoms with Gasteiger partial charge >= 0.3 is 5.97 Å². The van der Waals surface area contributed by atoms with E-state index in [4.69, 9.17) is 4.74 Å². The van der Waals surface area contributed by atoms with Crippen LogP contribution in [0.25, 0.3) is 10.1 Å². The number of nitrogens with zero attached hydrogens (tertiary/aromatic N) is 1. The average Bonchev–Trinajstić information content (AvgIpc) is 3.13. The minimum absolute atomic E-state index is 0.211. The molecule has 0 atom stereocenters. The molecule has 0 saturated heterocycles. The summed E-state index contributed by atoms with van der Waals surface area (Å²) in [6, 6.07) is 16.5. The number of hydrogen-bond acceptors (Lipinski definition) is 6. The molecule has 1 amide bonds. The van der Waals surface area contributed by atoms with Crippen molar-refractivity contribution in [3.8, 4) is 0 Å². The highest BCUT2D eigenvalue weighted by atomic mass is 32.2. The van der Waals surface area contributed by atoms with Gasteiger partial charge in [0, 0.05) is 16.9 Å². The lowest BCUT2D eigenvalue weighted by atomic mass is 10.1. The van der Waals surface area contributed by atoms with E-state index in [1.165, 1.54) is 18.4 Å². The highest BCUT2D eigenvalue weighted by Gasteiger charge is 2.20. The van der Waals surface area contributed by atoms with Crippen LogP contribution in [0, 0.1) is 0 Å². The van der Waals surface area contributed by atoms with Gasteiger partial charge in [0.2, 0.25) is 15.9 Å². The number of carbonyl (C=O) groups excluding carboxylic acids is 2. The number of hydrogen-bond donors (Lipinski definition) is 1. The first-order valence-electron chi connectivity index (χ1n) is 9.17. The van der Waals surface area contributed by atoms with E-state index in [9.17, 15) is 18.0 Å². The van der Waals surface area contributed by atoms with Gasteiger partial charge in [-0.1, -0.05) is 30.3 Å². The summed E-state index contributed by atoms with van der Waals surface area (Å²) >= 11 is 1.30. The third-order valence-electron chi connectivity index (χ3n) is 4.47. The van der Waals surface area contributed by atoms with Gasteiger partial charge in [0.1, 0.15) is 4.88 Å². The fourth-order valence-electron chi connectivity index (χ4n) is 2.94. The van der Waals surface area contributed by atoms with Gasteiger partial charge in [0.15, 0.2) is 0 Å². The van der Waals surface area contributed by atoms with Crippen LogP contribution < -0.4 is 5.32 Å². The lowest BCUT2D eigenvalue weighted by molar-refractivity contribution is -0.116. The van der Waals surface area contributed by atoms with Crippen LogP contribution in [-0.2, 0) is 26.0 Å². The van der Waals surface area contributed by atoms with Gasteiger partial charge in [-0.15, -0.1) is 11.3 Å². The monoisotopic (exact) mass is 446 g/mol. The van der Waals surface area contributed by atoms with E-state index in [2.05, 4.69) is 5.32 Å². The molecule has 158 valence electrons.